The molecule has 0 aliphatic carbocycles. The van der Waals surface area contributed by atoms with Gasteiger partial charge < -0.3 is 20.1 Å². The number of nitriles is 1. The number of rotatable bonds is 6. The Kier molecular flexibility index (Phi) is 6.85. The van der Waals surface area contributed by atoms with Crippen LogP contribution in [0.25, 0.3) is 22.3 Å². The number of fused-ring (bicyclic) bond motifs is 1. The zero-order chi connectivity index (χ0) is 26.8. The zero-order valence-electron chi connectivity index (χ0n) is 20.7. The summed E-state index contributed by atoms with van der Waals surface area (Å²) in [5, 5.41) is 27.6. The molecular weight excluding hydrogens is 491 g/mol. The highest BCUT2D eigenvalue weighted by Gasteiger charge is 2.34. The second-order valence-electron chi connectivity index (χ2n) is 9.04. The van der Waals surface area contributed by atoms with Gasteiger partial charge in [-0.25, -0.2) is 14.4 Å². The van der Waals surface area contributed by atoms with Crippen molar-refractivity contribution in [2.45, 2.75) is 31.7 Å². The Morgan fingerprint density at radius 1 is 1.29 bits per heavy atom. The van der Waals surface area contributed by atoms with Gasteiger partial charge >= 0.3 is 0 Å². The number of benzene rings is 2. The first-order valence-electron chi connectivity index (χ1n) is 12.0. The molecule has 1 aliphatic rings. The number of likely N-dealkylation sites (tertiary alicyclic amines) is 1. The Balaban J connectivity index is 1.31. The van der Waals surface area contributed by atoms with Crippen LogP contribution in [-0.4, -0.2) is 72.1 Å². The van der Waals surface area contributed by atoms with Gasteiger partial charge in [-0.3, -0.25) is 9.48 Å². The lowest BCUT2D eigenvalue weighted by molar-refractivity contribution is -0.143. The number of nitrogens with one attached hydrogen (secondary N) is 1. The van der Waals surface area contributed by atoms with Crippen molar-refractivity contribution in [3.63, 3.8) is 0 Å². The molecule has 1 fully saturated rings. The van der Waals surface area contributed by atoms with Gasteiger partial charge in [0.25, 0.3) is 5.91 Å². The summed E-state index contributed by atoms with van der Waals surface area (Å²) < 4.78 is 22.4. The first-order valence-corrected chi connectivity index (χ1v) is 12.0. The summed E-state index contributed by atoms with van der Waals surface area (Å²) in [5.41, 5.74) is 2.50. The molecule has 12 heteroatoms. The number of aromatic nitrogens is 5. The third-order valence-electron chi connectivity index (χ3n) is 6.36. The van der Waals surface area contributed by atoms with Crippen LogP contribution >= 0.6 is 0 Å². The molecule has 1 saturated heterocycles. The molecule has 0 spiro atoms. The van der Waals surface area contributed by atoms with Crippen molar-refractivity contribution in [3.05, 3.63) is 54.5 Å². The second kappa shape index (κ2) is 10.4. The molecule has 5 rings (SSSR count). The number of halogens is 1. The van der Waals surface area contributed by atoms with Crippen LogP contribution in [0, 0.1) is 11.3 Å². The van der Waals surface area contributed by atoms with Crippen LogP contribution in [0.4, 0.5) is 16.0 Å². The fourth-order valence-corrected chi connectivity index (χ4v) is 4.35. The van der Waals surface area contributed by atoms with Crippen LogP contribution in [0.3, 0.4) is 0 Å². The molecule has 38 heavy (non-hydrogen) atoms. The fraction of sp³-hybridized carbons (Fsp3) is 0.308. The van der Waals surface area contributed by atoms with E-state index in [0.29, 0.717) is 17.3 Å². The Labute approximate surface area is 217 Å². The molecule has 0 unspecified atom stereocenters. The number of aryl methyl sites for hydroxylation is 1. The van der Waals surface area contributed by atoms with Crippen molar-refractivity contribution in [2.24, 2.45) is 7.05 Å². The third-order valence-corrected chi connectivity index (χ3v) is 6.36. The molecule has 0 bridgehead atoms. The molecule has 1 amide bonds. The second-order valence-corrected chi connectivity index (χ2v) is 9.04. The fourth-order valence-electron chi connectivity index (χ4n) is 4.35. The van der Waals surface area contributed by atoms with Crippen LogP contribution < -0.4 is 10.1 Å². The van der Waals surface area contributed by atoms with E-state index in [-0.39, 0.29) is 30.8 Å². The molecule has 1 aliphatic heterocycles. The van der Waals surface area contributed by atoms with E-state index in [9.17, 15) is 19.6 Å². The number of aliphatic hydroxyl groups is 1. The summed E-state index contributed by atoms with van der Waals surface area (Å²) in [5.74, 6) is 0.391. The minimum absolute atomic E-state index is 0.178. The van der Waals surface area contributed by atoms with Gasteiger partial charge in [0.2, 0.25) is 5.95 Å². The van der Waals surface area contributed by atoms with E-state index >= 15 is 0 Å². The van der Waals surface area contributed by atoms with Gasteiger partial charge in [-0.05, 0) is 43.3 Å². The van der Waals surface area contributed by atoms with Gasteiger partial charge in [0.1, 0.15) is 30.4 Å². The van der Waals surface area contributed by atoms with Gasteiger partial charge in [-0.1, -0.05) is 0 Å². The Morgan fingerprint density at radius 3 is 2.89 bits per heavy atom. The predicted molar refractivity (Wildman–Crippen MR) is 136 cm³/mol. The molecule has 4 aromatic rings. The first-order chi connectivity index (χ1) is 18.3. The molecule has 3 heterocycles. The lowest BCUT2D eigenvalue weighted by Gasteiger charge is -2.35. The number of alkyl halides is 1. The quantitative estimate of drug-likeness (QED) is 0.395. The number of hydrogen-bond acceptors (Lipinski definition) is 9. The van der Waals surface area contributed by atoms with Crippen LogP contribution in [0.15, 0.2) is 48.9 Å². The van der Waals surface area contributed by atoms with Crippen molar-refractivity contribution in [3.8, 4) is 23.2 Å². The zero-order valence-corrected chi connectivity index (χ0v) is 20.7. The maximum Gasteiger partial charge on any atom is 0.251 e. The third kappa shape index (κ3) is 5.09. The number of piperidine rings is 1. The van der Waals surface area contributed by atoms with Crippen molar-refractivity contribution in [1.29, 1.82) is 5.26 Å². The van der Waals surface area contributed by atoms with Gasteiger partial charge in [-0.2, -0.15) is 15.3 Å². The van der Waals surface area contributed by atoms with Crippen LogP contribution in [0.5, 0.6) is 5.75 Å². The summed E-state index contributed by atoms with van der Waals surface area (Å²) in [6.45, 7) is 1.43. The Hall–Kier alpha value is -4.63. The normalized spacial score (nSPS) is 18.1. The molecule has 11 nitrogen and oxygen atoms in total. The van der Waals surface area contributed by atoms with E-state index in [4.69, 9.17) is 4.74 Å². The number of amides is 1. The van der Waals surface area contributed by atoms with Gasteiger partial charge in [0, 0.05) is 36.7 Å². The predicted octanol–water partition coefficient (Wildman–Crippen LogP) is 2.74. The summed E-state index contributed by atoms with van der Waals surface area (Å²) in [6, 6.07) is 12.7. The monoisotopic (exact) mass is 516 g/mol. The Bertz CT molecular complexity index is 1530. The molecule has 0 radical (unpaired) electrons. The summed E-state index contributed by atoms with van der Waals surface area (Å²) in [7, 11) is 1.86. The smallest absolute Gasteiger partial charge is 0.251 e. The number of aliphatic hydroxyl groups excluding tert-OH is 1. The number of ether oxygens (including phenoxy) is 1. The van der Waals surface area contributed by atoms with Crippen molar-refractivity contribution >= 4 is 28.4 Å². The topological polar surface area (TPSA) is 142 Å². The lowest BCUT2D eigenvalue weighted by Crippen LogP contribution is -2.51. The Morgan fingerprint density at radius 2 is 2.13 bits per heavy atom. The SMILES string of the molecule is C[C@H](O)C(=O)N1CC[C@H](Oc2ccc(-c3ncnc(Nc4ccc5cnn(C)c5c4)n3)cc2C#N)[C@@H](F)C1. The standard InChI is InChI=1S/C26H25FN8O3/c1-15(36)25(37)35-8-7-23(20(27)13-35)38-22-6-4-16(9-18(22)11-28)24-29-14-30-26(33-24)32-19-5-3-17-12-31-34(2)21(17)10-19/h3-6,9-10,12,14-15,20,23,36H,7-8,13H2,1-2H3,(H,29,30,32,33)/t15-,20-,23-/m0/s1. The number of carbonyl (C=O) groups excluding carboxylic acids is 1. The van der Waals surface area contributed by atoms with E-state index in [2.05, 4.69) is 31.4 Å². The van der Waals surface area contributed by atoms with Crippen LogP contribution in [0.2, 0.25) is 0 Å². The minimum atomic E-state index is -1.46. The van der Waals surface area contributed by atoms with Crippen LogP contribution in [-0.2, 0) is 11.8 Å². The average molecular weight is 517 g/mol. The highest BCUT2D eigenvalue weighted by atomic mass is 19.1. The number of hydrogen-bond donors (Lipinski definition) is 2. The maximum atomic E-state index is 14.8. The molecule has 2 N–H and O–H groups in total. The summed E-state index contributed by atoms with van der Waals surface area (Å²) in [6.07, 6.45) is -0.0706. The lowest BCUT2D eigenvalue weighted by atomic mass is 10.0. The summed E-state index contributed by atoms with van der Waals surface area (Å²) in [4.78, 5) is 26.2. The van der Waals surface area contributed by atoms with Crippen LogP contribution in [0.1, 0.15) is 18.9 Å². The van der Waals surface area contributed by atoms with E-state index in [0.717, 1.165) is 16.6 Å². The van der Waals surface area contributed by atoms with Gasteiger partial charge in [0.05, 0.1) is 23.8 Å². The molecule has 2 aromatic carbocycles. The molecule has 3 atom stereocenters. The van der Waals surface area contributed by atoms with E-state index in [1.807, 2.05) is 25.2 Å². The van der Waals surface area contributed by atoms with Crippen molar-refractivity contribution < 1.29 is 19.0 Å². The largest absolute Gasteiger partial charge is 0.486 e. The van der Waals surface area contributed by atoms with Crippen molar-refractivity contribution in [2.75, 3.05) is 18.4 Å². The molecule has 194 valence electrons. The maximum absolute atomic E-state index is 14.8. The van der Waals surface area contributed by atoms with Gasteiger partial charge in [0.15, 0.2) is 12.0 Å². The highest BCUT2D eigenvalue weighted by molar-refractivity contribution is 5.83. The highest BCUT2D eigenvalue weighted by Crippen LogP contribution is 2.29. The molecule has 2 aromatic heterocycles. The molecule has 0 saturated carbocycles. The van der Waals surface area contributed by atoms with E-state index in [1.54, 1.807) is 29.1 Å². The first kappa shape index (κ1) is 25.0. The minimum Gasteiger partial charge on any atom is -0.486 e. The average Bonchev–Trinajstić information content (AvgIpc) is 3.29. The number of nitrogens with zero attached hydrogens (tertiary/aromatic N) is 7. The summed E-state index contributed by atoms with van der Waals surface area (Å²) >= 11 is 0. The van der Waals surface area contributed by atoms with Crippen molar-refractivity contribution in [1.82, 2.24) is 29.6 Å². The van der Waals surface area contributed by atoms with E-state index < -0.39 is 24.3 Å². The van der Waals surface area contributed by atoms with E-state index in [1.165, 1.54) is 18.2 Å². The number of anilines is 2. The van der Waals surface area contributed by atoms with Gasteiger partial charge in [-0.15, -0.1) is 0 Å². The molecular formula is C26H25FN8O3. The number of carbonyl (C=O) groups is 1.